The van der Waals surface area contributed by atoms with Gasteiger partial charge in [-0.2, -0.15) is 0 Å². The van der Waals surface area contributed by atoms with Crippen LogP contribution in [0, 0.1) is 11.8 Å². The third-order valence-corrected chi connectivity index (χ3v) is 4.30. The Kier molecular flexibility index (Phi) is 5.79. The topological polar surface area (TPSA) is 84.7 Å². The SMILES string of the molecule is NC(=O)[C@H]1CCCC[C@H]1C(=O)NCCN1CCOCC1. The van der Waals surface area contributed by atoms with E-state index < -0.39 is 0 Å². The van der Waals surface area contributed by atoms with E-state index >= 15 is 0 Å². The minimum atomic E-state index is -0.335. The van der Waals surface area contributed by atoms with Crippen LogP contribution in [0.4, 0.5) is 0 Å². The second kappa shape index (κ2) is 7.59. The van der Waals surface area contributed by atoms with Crippen molar-refractivity contribution in [1.29, 1.82) is 0 Å². The van der Waals surface area contributed by atoms with Gasteiger partial charge in [-0.3, -0.25) is 14.5 Å². The number of rotatable bonds is 5. The molecule has 0 aromatic rings. The summed E-state index contributed by atoms with van der Waals surface area (Å²) in [5.41, 5.74) is 5.40. The molecule has 0 radical (unpaired) electrons. The van der Waals surface area contributed by atoms with Crippen molar-refractivity contribution in [1.82, 2.24) is 10.2 Å². The van der Waals surface area contributed by atoms with Crippen LogP contribution >= 0.6 is 0 Å². The van der Waals surface area contributed by atoms with E-state index in [4.69, 9.17) is 10.5 Å². The Morgan fingerprint density at radius 1 is 1.15 bits per heavy atom. The summed E-state index contributed by atoms with van der Waals surface area (Å²) < 4.78 is 5.28. The molecule has 6 nitrogen and oxygen atoms in total. The number of nitrogens with two attached hydrogens (primary N) is 1. The third-order valence-electron chi connectivity index (χ3n) is 4.30. The molecule has 6 heteroatoms. The van der Waals surface area contributed by atoms with Crippen molar-refractivity contribution in [2.45, 2.75) is 25.7 Å². The van der Waals surface area contributed by atoms with Gasteiger partial charge in [-0.1, -0.05) is 12.8 Å². The molecule has 114 valence electrons. The van der Waals surface area contributed by atoms with Crippen LogP contribution in [-0.4, -0.2) is 56.1 Å². The quantitative estimate of drug-likeness (QED) is 0.727. The van der Waals surface area contributed by atoms with E-state index in [1.807, 2.05) is 0 Å². The molecule has 0 unspecified atom stereocenters. The molecule has 2 fully saturated rings. The number of nitrogens with one attached hydrogen (secondary N) is 1. The van der Waals surface area contributed by atoms with Gasteiger partial charge in [0.1, 0.15) is 0 Å². The summed E-state index contributed by atoms with van der Waals surface area (Å²) in [6, 6.07) is 0. The summed E-state index contributed by atoms with van der Waals surface area (Å²) in [5, 5.41) is 2.96. The van der Waals surface area contributed by atoms with E-state index in [0.717, 1.165) is 58.5 Å². The number of nitrogens with zero attached hydrogens (tertiary/aromatic N) is 1. The maximum absolute atomic E-state index is 12.2. The van der Waals surface area contributed by atoms with Gasteiger partial charge >= 0.3 is 0 Å². The molecule has 0 aromatic heterocycles. The van der Waals surface area contributed by atoms with Gasteiger partial charge in [-0.05, 0) is 12.8 Å². The maximum atomic E-state index is 12.2. The van der Waals surface area contributed by atoms with Crippen molar-refractivity contribution in [2.24, 2.45) is 17.6 Å². The predicted molar refractivity (Wildman–Crippen MR) is 74.9 cm³/mol. The number of carbonyl (C=O) groups is 2. The van der Waals surface area contributed by atoms with E-state index in [9.17, 15) is 9.59 Å². The van der Waals surface area contributed by atoms with E-state index in [-0.39, 0.29) is 23.7 Å². The fourth-order valence-corrected chi connectivity index (χ4v) is 3.08. The van der Waals surface area contributed by atoms with E-state index in [2.05, 4.69) is 10.2 Å². The summed E-state index contributed by atoms with van der Waals surface area (Å²) >= 11 is 0. The normalized spacial score (nSPS) is 28.0. The highest BCUT2D eigenvalue weighted by atomic mass is 16.5. The summed E-state index contributed by atoms with van der Waals surface area (Å²) in [4.78, 5) is 25.9. The molecule has 20 heavy (non-hydrogen) atoms. The molecule has 2 atom stereocenters. The van der Waals surface area contributed by atoms with Crippen molar-refractivity contribution >= 4 is 11.8 Å². The van der Waals surface area contributed by atoms with Crippen molar-refractivity contribution < 1.29 is 14.3 Å². The van der Waals surface area contributed by atoms with Crippen molar-refractivity contribution in [2.75, 3.05) is 39.4 Å². The van der Waals surface area contributed by atoms with Gasteiger partial charge in [0.15, 0.2) is 0 Å². The second-order valence-electron chi connectivity index (χ2n) is 5.64. The van der Waals surface area contributed by atoms with Crippen molar-refractivity contribution in [3.05, 3.63) is 0 Å². The molecule has 2 amide bonds. The molecule has 1 aliphatic carbocycles. The summed E-state index contributed by atoms with van der Waals surface area (Å²) in [7, 11) is 0. The molecule has 0 spiro atoms. The Balaban J connectivity index is 1.73. The van der Waals surface area contributed by atoms with Crippen LogP contribution in [0.5, 0.6) is 0 Å². The Hall–Kier alpha value is -1.14. The van der Waals surface area contributed by atoms with Crippen LogP contribution in [0.2, 0.25) is 0 Å². The molecule has 2 aliphatic rings. The highest BCUT2D eigenvalue weighted by Crippen LogP contribution is 2.29. The number of hydrogen-bond acceptors (Lipinski definition) is 4. The summed E-state index contributed by atoms with van der Waals surface area (Å²) in [6.07, 6.45) is 3.52. The zero-order chi connectivity index (χ0) is 14.4. The first-order valence-electron chi connectivity index (χ1n) is 7.55. The van der Waals surface area contributed by atoms with Crippen LogP contribution in [0.1, 0.15) is 25.7 Å². The number of morpholine rings is 1. The number of hydrogen-bond donors (Lipinski definition) is 2. The minimum absolute atomic E-state index is 0.0123. The average molecular weight is 283 g/mol. The van der Waals surface area contributed by atoms with Gasteiger partial charge < -0.3 is 15.8 Å². The Bertz CT molecular complexity index is 343. The molecule has 1 saturated heterocycles. The highest BCUT2D eigenvalue weighted by Gasteiger charge is 2.34. The zero-order valence-electron chi connectivity index (χ0n) is 12.0. The number of primary amides is 1. The van der Waals surface area contributed by atoms with Crippen LogP contribution in [0.25, 0.3) is 0 Å². The first-order valence-corrected chi connectivity index (χ1v) is 7.55. The fraction of sp³-hybridized carbons (Fsp3) is 0.857. The van der Waals surface area contributed by atoms with Crippen molar-refractivity contribution in [3.63, 3.8) is 0 Å². The third kappa shape index (κ3) is 4.18. The highest BCUT2D eigenvalue weighted by molar-refractivity contribution is 5.87. The molecular weight excluding hydrogens is 258 g/mol. The van der Waals surface area contributed by atoms with Crippen LogP contribution in [0.15, 0.2) is 0 Å². The lowest BCUT2D eigenvalue weighted by Crippen LogP contribution is -2.45. The van der Waals surface area contributed by atoms with E-state index in [1.165, 1.54) is 0 Å². The van der Waals surface area contributed by atoms with Gasteiger partial charge in [0, 0.05) is 38.0 Å². The zero-order valence-corrected chi connectivity index (χ0v) is 12.0. The monoisotopic (exact) mass is 283 g/mol. The molecule has 1 saturated carbocycles. The van der Waals surface area contributed by atoms with Gasteiger partial charge in [-0.25, -0.2) is 0 Å². The van der Waals surface area contributed by atoms with E-state index in [0.29, 0.717) is 6.54 Å². The molecular formula is C14H25N3O3. The summed E-state index contributed by atoms with van der Waals surface area (Å²) in [5.74, 6) is -0.863. The predicted octanol–water partition coefficient (Wildman–Crippen LogP) is -0.273. The van der Waals surface area contributed by atoms with Gasteiger partial charge in [0.2, 0.25) is 11.8 Å². The molecule has 1 aliphatic heterocycles. The van der Waals surface area contributed by atoms with Crippen LogP contribution in [0.3, 0.4) is 0 Å². The number of carbonyl (C=O) groups excluding carboxylic acids is 2. The molecule has 0 aromatic carbocycles. The Morgan fingerprint density at radius 3 is 2.45 bits per heavy atom. The summed E-state index contributed by atoms with van der Waals surface area (Å²) in [6.45, 7) is 4.83. The van der Waals surface area contributed by atoms with Gasteiger partial charge in [0.05, 0.1) is 13.2 Å². The molecule has 1 heterocycles. The average Bonchev–Trinajstić information content (AvgIpc) is 2.48. The Labute approximate surface area is 120 Å². The van der Waals surface area contributed by atoms with Crippen molar-refractivity contribution in [3.8, 4) is 0 Å². The minimum Gasteiger partial charge on any atom is -0.379 e. The van der Waals surface area contributed by atoms with Crippen LogP contribution in [-0.2, 0) is 14.3 Å². The molecule has 0 bridgehead atoms. The molecule has 2 rings (SSSR count). The van der Waals surface area contributed by atoms with E-state index in [1.54, 1.807) is 0 Å². The lowest BCUT2D eigenvalue weighted by atomic mass is 9.78. The fourth-order valence-electron chi connectivity index (χ4n) is 3.08. The largest absolute Gasteiger partial charge is 0.379 e. The first kappa shape index (κ1) is 15.3. The maximum Gasteiger partial charge on any atom is 0.223 e. The smallest absolute Gasteiger partial charge is 0.223 e. The van der Waals surface area contributed by atoms with Gasteiger partial charge in [-0.15, -0.1) is 0 Å². The molecule has 3 N–H and O–H groups in total. The van der Waals surface area contributed by atoms with Crippen LogP contribution < -0.4 is 11.1 Å². The standard InChI is InChI=1S/C14H25N3O3/c15-13(18)11-3-1-2-4-12(11)14(19)16-5-6-17-7-9-20-10-8-17/h11-12H,1-10H2,(H2,15,18)(H,16,19)/t11-,12+/m0/s1. The first-order chi connectivity index (χ1) is 9.68. The lowest BCUT2D eigenvalue weighted by Gasteiger charge is -2.29. The number of amides is 2. The lowest BCUT2D eigenvalue weighted by molar-refractivity contribution is -0.135. The van der Waals surface area contributed by atoms with Gasteiger partial charge in [0.25, 0.3) is 0 Å². The second-order valence-corrected chi connectivity index (χ2v) is 5.64. The number of ether oxygens (including phenoxy) is 1. The Morgan fingerprint density at radius 2 is 1.80 bits per heavy atom.